The Kier molecular flexibility index (Phi) is 7.16. The molecular formula is C18H30N2O2. The largest absolute Gasteiger partial charge is 0.494 e. The summed E-state index contributed by atoms with van der Waals surface area (Å²) in [7, 11) is 0. The minimum absolute atomic E-state index is 0.385. The van der Waals surface area contributed by atoms with Crippen LogP contribution >= 0.6 is 0 Å². The molecule has 1 fully saturated rings. The summed E-state index contributed by atoms with van der Waals surface area (Å²) in [5, 5.41) is 10.3. The Bertz CT molecular complexity index is 414. The third-order valence-corrected chi connectivity index (χ3v) is 4.37. The zero-order chi connectivity index (χ0) is 15.8. The topological polar surface area (TPSA) is 35.9 Å². The predicted molar refractivity (Wildman–Crippen MR) is 90.4 cm³/mol. The number of ether oxygens (including phenoxy) is 1. The first-order valence-electron chi connectivity index (χ1n) is 8.58. The van der Waals surface area contributed by atoms with E-state index < -0.39 is 0 Å². The monoisotopic (exact) mass is 306 g/mol. The molecule has 22 heavy (non-hydrogen) atoms. The summed E-state index contributed by atoms with van der Waals surface area (Å²) >= 11 is 0. The first kappa shape index (κ1) is 17.3. The van der Waals surface area contributed by atoms with Crippen molar-refractivity contribution in [2.24, 2.45) is 0 Å². The van der Waals surface area contributed by atoms with Crippen molar-refractivity contribution in [1.29, 1.82) is 0 Å². The molecule has 0 radical (unpaired) electrons. The molecule has 0 aliphatic carbocycles. The van der Waals surface area contributed by atoms with Gasteiger partial charge >= 0.3 is 0 Å². The molecular weight excluding hydrogens is 276 g/mol. The van der Waals surface area contributed by atoms with E-state index in [1.54, 1.807) is 0 Å². The van der Waals surface area contributed by atoms with E-state index in [0.29, 0.717) is 0 Å². The molecule has 1 N–H and O–H groups in total. The average Bonchev–Trinajstić information content (AvgIpc) is 2.58. The number of rotatable bonds is 8. The molecule has 0 spiro atoms. The number of hydrogen-bond acceptors (Lipinski definition) is 4. The highest BCUT2D eigenvalue weighted by Crippen LogP contribution is 2.21. The van der Waals surface area contributed by atoms with Crippen LogP contribution in [-0.2, 0) is 0 Å². The van der Waals surface area contributed by atoms with Crippen LogP contribution in [0, 0.1) is 0 Å². The van der Waals surface area contributed by atoms with Crippen molar-refractivity contribution >= 4 is 0 Å². The van der Waals surface area contributed by atoms with Crippen molar-refractivity contribution in [3.8, 4) is 5.75 Å². The van der Waals surface area contributed by atoms with Crippen LogP contribution in [0.4, 0.5) is 0 Å². The molecule has 1 aliphatic heterocycles. The summed E-state index contributed by atoms with van der Waals surface area (Å²) in [4.78, 5) is 4.93. The summed E-state index contributed by atoms with van der Waals surface area (Å²) in [6.07, 6.45) is 1.42. The number of likely N-dealkylation sites (N-methyl/N-ethyl adjacent to an activating group) is 1. The van der Waals surface area contributed by atoms with Gasteiger partial charge in [0.25, 0.3) is 0 Å². The fraction of sp³-hybridized carbons (Fsp3) is 0.667. The Morgan fingerprint density at radius 2 is 1.68 bits per heavy atom. The number of nitrogens with zero attached hydrogens (tertiary/aromatic N) is 2. The SMILES string of the molecule is CCCOc1ccc(C(O)CCN2CCN(CC)CC2)cc1. The van der Waals surface area contributed by atoms with Crippen LogP contribution in [0.1, 0.15) is 38.4 Å². The number of piperazine rings is 1. The van der Waals surface area contributed by atoms with Crippen molar-refractivity contribution in [3.05, 3.63) is 29.8 Å². The van der Waals surface area contributed by atoms with Gasteiger partial charge in [-0.15, -0.1) is 0 Å². The third kappa shape index (κ3) is 5.27. The van der Waals surface area contributed by atoms with Gasteiger partial charge in [-0.2, -0.15) is 0 Å². The molecule has 1 saturated heterocycles. The fourth-order valence-electron chi connectivity index (χ4n) is 2.81. The first-order chi connectivity index (χ1) is 10.7. The molecule has 0 amide bonds. The molecule has 124 valence electrons. The van der Waals surface area contributed by atoms with Gasteiger partial charge in [0, 0.05) is 32.7 Å². The van der Waals surface area contributed by atoms with Crippen LogP contribution in [0.2, 0.25) is 0 Å². The van der Waals surface area contributed by atoms with E-state index in [2.05, 4.69) is 23.6 Å². The van der Waals surface area contributed by atoms with E-state index in [1.807, 2.05) is 24.3 Å². The molecule has 0 aromatic heterocycles. The summed E-state index contributed by atoms with van der Waals surface area (Å²) in [5.74, 6) is 0.883. The second-order valence-corrected chi connectivity index (χ2v) is 6.00. The standard InChI is InChI=1S/C18H30N2O2/c1-3-15-22-17-7-5-16(6-8-17)18(21)9-10-20-13-11-19(4-2)12-14-20/h5-8,18,21H,3-4,9-15H2,1-2H3. The lowest BCUT2D eigenvalue weighted by Crippen LogP contribution is -2.46. The highest BCUT2D eigenvalue weighted by atomic mass is 16.5. The molecule has 0 bridgehead atoms. The van der Waals surface area contributed by atoms with Crippen molar-refractivity contribution < 1.29 is 9.84 Å². The summed E-state index contributed by atoms with van der Waals surface area (Å²) in [6.45, 7) is 11.7. The first-order valence-corrected chi connectivity index (χ1v) is 8.58. The van der Waals surface area contributed by atoms with Crippen molar-refractivity contribution in [1.82, 2.24) is 9.80 Å². The second kappa shape index (κ2) is 9.13. The molecule has 1 unspecified atom stereocenters. The maximum atomic E-state index is 10.3. The van der Waals surface area contributed by atoms with Gasteiger partial charge in [-0.05, 0) is 37.1 Å². The Hall–Kier alpha value is -1.10. The molecule has 2 rings (SSSR count). The quantitative estimate of drug-likeness (QED) is 0.801. The minimum Gasteiger partial charge on any atom is -0.494 e. The zero-order valence-corrected chi connectivity index (χ0v) is 14.0. The van der Waals surface area contributed by atoms with Gasteiger partial charge in [-0.1, -0.05) is 26.0 Å². The van der Waals surface area contributed by atoms with Crippen LogP contribution in [0.25, 0.3) is 0 Å². The van der Waals surface area contributed by atoms with E-state index in [-0.39, 0.29) is 6.10 Å². The maximum absolute atomic E-state index is 10.3. The van der Waals surface area contributed by atoms with E-state index in [4.69, 9.17) is 4.74 Å². The van der Waals surface area contributed by atoms with Gasteiger partial charge in [0.15, 0.2) is 0 Å². The minimum atomic E-state index is -0.385. The highest BCUT2D eigenvalue weighted by molar-refractivity contribution is 5.28. The normalized spacial score (nSPS) is 18.3. The van der Waals surface area contributed by atoms with Crippen LogP contribution in [0.5, 0.6) is 5.75 Å². The lowest BCUT2D eigenvalue weighted by atomic mass is 10.1. The predicted octanol–water partition coefficient (Wildman–Crippen LogP) is 2.54. The highest BCUT2D eigenvalue weighted by Gasteiger charge is 2.16. The van der Waals surface area contributed by atoms with Crippen molar-refractivity contribution in [2.75, 3.05) is 45.9 Å². The van der Waals surface area contributed by atoms with Crippen LogP contribution < -0.4 is 4.74 Å². The molecule has 1 aromatic rings. The number of aliphatic hydroxyl groups is 1. The van der Waals surface area contributed by atoms with E-state index >= 15 is 0 Å². The molecule has 1 aliphatic rings. The number of benzene rings is 1. The molecule has 0 saturated carbocycles. The molecule has 4 heteroatoms. The molecule has 1 atom stereocenters. The molecule has 1 aromatic carbocycles. The van der Waals surface area contributed by atoms with Crippen molar-refractivity contribution in [2.45, 2.75) is 32.8 Å². The lowest BCUT2D eigenvalue weighted by molar-refractivity contribution is 0.105. The smallest absolute Gasteiger partial charge is 0.119 e. The van der Waals surface area contributed by atoms with Gasteiger partial charge in [-0.25, -0.2) is 0 Å². The van der Waals surface area contributed by atoms with Gasteiger partial charge in [0.2, 0.25) is 0 Å². The van der Waals surface area contributed by atoms with Gasteiger partial charge in [-0.3, -0.25) is 0 Å². The Labute approximate surface area is 134 Å². The Balaban J connectivity index is 1.74. The van der Waals surface area contributed by atoms with E-state index in [0.717, 1.165) is 70.0 Å². The average molecular weight is 306 g/mol. The number of hydrogen-bond donors (Lipinski definition) is 1. The van der Waals surface area contributed by atoms with Crippen LogP contribution in [0.3, 0.4) is 0 Å². The molecule has 1 heterocycles. The van der Waals surface area contributed by atoms with E-state index in [9.17, 15) is 5.11 Å². The lowest BCUT2D eigenvalue weighted by Gasteiger charge is -2.34. The molecule has 4 nitrogen and oxygen atoms in total. The summed E-state index contributed by atoms with van der Waals surface area (Å²) < 4.78 is 5.57. The van der Waals surface area contributed by atoms with Crippen molar-refractivity contribution in [3.63, 3.8) is 0 Å². The fourth-order valence-corrected chi connectivity index (χ4v) is 2.81. The van der Waals surface area contributed by atoms with Crippen LogP contribution in [-0.4, -0.2) is 60.8 Å². The van der Waals surface area contributed by atoms with Gasteiger partial charge < -0.3 is 19.6 Å². The third-order valence-electron chi connectivity index (χ3n) is 4.37. The van der Waals surface area contributed by atoms with Crippen LogP contribution in [0.15, 0.2) is 24.3 Å². The second-order valence-electron chi connectivity index (χ2n) is 6.00. The van der Waals surface area contributed by atoms with E-state index in [1.165, 1.54) is 0 Å². The Morgan fingerprint density at radius 3 is 2.27 bits per heavy atom. The summed E-state index contributed by atoms with van der Waals surface area (Å²) in [6, 6.07) is 7.86. The summed E-state index contributed by atoms with van der Waals surface area (Å²) in [5.41, 5.74) is 0.982. The zero-order valence-electron chi connectivity index (χ0n) is 14.0. The van der Waals surface area contributed by atoms with Gasteiger partial charge in [0.05, 0.1) is 12.7 Å². The Morgan fingerprint density at radius 1 is 1.05 bits per heavy atom. The van der Waals surface area contributed by atoms with Gasteiger partial charge in [0.1, 0.15) is 5.75 Å². The number of aliphatic hydroxyl groups excluding tert-OH is 1. The maximum Gasteiger partial charge on any atom is 0.119 e.